The normalized spacial score (nSPS) is 17.4. The molecule has 0 amide bonds. The van der Waals surface area contributed by atoms with Crippen LogP contribution in [0.3, 0.4) is 0 Å². The lowest BCUT2D eigenvalue weighted by molar-refractivity contribution is -0.142. The van der Waals surface area contributed by atoms with E-state index in [-0.39, 0.29) is 35.3 Å². The molecule has 0 radical (unpaired) electrons. The van der Waals surface area contributed by atoms with Crippen LogP contribution < -0.4 is 0 Å². The molecule has 2 heterocycles. The number of aryl methyl sites for hydroxylation is 1. The molecule has 2 aromatic rings. The van der Waals surface area contributed by atoms with Gasteiger partial charge in [-0.1, -0.05) is 37.1 Å². The minimum Gasteiger partial charge on any atom is -0.480 e. The van der Waals surface area contributed by atoms with Gasteiger partial charge in [-0.05, 0) is 43.4 Å². The lowest BCUT2D eigenvalue weighted by atomic mass is 10.1. The molecule has 0 bridgehead atoms. The van der Waals surface area contributed by atoms with Gasteiger partial charge in [0.05, 0.1) is 4.90 Å². The molecule has 1 aromatic carbocycles. The number of carboxylic acid groups (broad SMARTS) is 2. The molecular formula is C21H26ClN3O6S. The summed E-state index contributed by atoms with van der Waals surface area (Å²) in [7, 11) is -3.97. The van der Waals surface area contributed by atoms with Crippen LogP contribution in [0.4, 0.5) is 0 Å². The highest BCUT2D eigenvalue weighted by atomic mass is 35.5. The van der Waals surface area contributed by atoms with Gasteiger partial charge < -0.3 is 14.8 Å². The summed E-state index contributed by atoms with van der Waals surface area (Å²) in [5, 5.41) is 18.9. The Morgan fingerprint density at radius 2 is 1.88 bits per heavy atom. The number of rotatable bonds is 9. The fourth-order valence-electron chi connectivity index (χ4n) is 3.89. The maximum Gasteiger partial charge on any atom is 0.355 e. The van der Waals surface area contributed by atoms with Crippen molar-refractivity contribution in [2.45, 2.75) is 62.9 Å². The van der Waals surface area contributed by atoms with Crippen molar-refractivity contribution in [2.75, 3.05) is 6.54 Å². The molecule has 1 aliphatic heterocycles. The van der Waals surface area contributed by atoms with Crippen molar-refractivity contribution in [1.82, 2.24) is 13.9 Å². The minimum absolute atomic E-state index is 0.00253. The molecule has 3 rings (SSSR count). The number of aliphatic carboxylic acids is 1. The number of sulfonamides is 1. The third-order valence-corrected chi connectivity index (χ3v) is 7.76. The largest absolute Gasteiger partial charge is 0.480 e. The van der Waals surface area contributed by atoms with E-state index in [2.05, 4.69) is 4.98 Å². The fourth-order valence-corrected chi connectivity index (χ4v) is 5.82. The number of aromatic nitrogens is 2. The molecule has 174 valence electrons. The average Bonchev–Trinajstić information content (AvgIpc) is 3.07. The second kappa shape index (κ2) is 10.0. The topological polar surface area (TPSA) is 130 Å². The summed E-state index contributed by atoms with van der Waals surface area (Å²) in [5.41, 5.74) is 0.568. The van der Waals surface area contributed by atoms with E-state index in [4.69, 9.17) is 11.6 Å². The van der Waals surface area contributed by atoms with E-state index in [1.165, 1.54) is 16.7 Å². The summed E-state index contributed by atoms with van der Waals surface area (Å²) < 4.78 is 28.7. The van der Waals surface area contributed by atoms with Crippen LogP contribution in [-0.4, -0.2) is 57.0 Å². The number of piperidine rings is 1. The number of nitrogens with zero attached hydrogens (tertiary/aromatic N) is 3. The number of carbonyl (C=O) groups is 2. The summed E-state index contributed by atoms with van der Waals surface area (Å²) >= 11 is 6.05. The Bertz CT molecular complexity index is 1100. The van der Waals surface area contributed by atoms with Crippen molar-refractivity contribution in [1.29, 1.82) is 0 Å². The van der Waals surface area contributed by atoms with Crippen LogP contribution >= 0.6 is 11.6 Å². The SMILES string of the molecule is CCCCc1nc(Cl)c(C(=O)O)n1Cc1ccc(S(=O)(=O)N2CCCCC2C(=O)O)cc1. The third-order valence-electron chi connectivity index (χ3n) is 5.57. The second-order valence-corrected chi connectivity index (χ2v) is 10.0. The summed E-state index contributed by atoms with van der Waals surface area (Å²) in [4.78, 5) is 27.4. The molecular weight excluding hydrogens is 458 g/mol. The van der Waals surface area contributed by atoms with E-state index in [9.17, 15) is 28.2 Å². The van der Waals surface area contributed by atoms with E-state index in [1.54, 1.807) is 12.1 Å². The van der Waals surface area contributed by atoms with Gasteiger partial charge >= 0.3 is 11.9 Å². The van der Waals surface area contributed by atoms with Crippen LogP contribution in [0.2, 0.25) is 5.15 Å². The minimum atomic E-state index is -3.97. The molecule has 0 spiro atoms. The maximum atomic E-state index is 13.0. The maximum absolute atomic E-state index is 13.0. The molecule has 11 heteroatoms. The molecule has 0 aliphatic carbocycles. The number of halogens is 1. The quantitative estimate of drug-likeness (QED) is 0.559. The van der Waals surface area contributed by atoms with Gasteiger partial charge in [-0.15, -0.1) is 0 Å². The molecule has 1 fully saturated rings. The van der Waals surface area contributed by atoms with Gasteiger partial charge in [-0.3, -0.25) is 4.79 Å². The Morgan fingerprint density at radius 1 is 1.19 bits per heavy atom. The first-order valence-corrected chi connectivity index (χ1v) is 12.3. The molecule has 1 unspecified atom stereocenters. The van der Waals surface area contributed by atoms with Gasteiger partial charge in [0, 0.05) is 19.5 Å². The predicted molar refractivity (Wildman–Crippen MR) is 118 cm³/mol. The van der Waals surface area contributed by atoms with Gasteiger partial charge in [0.2, 0.25) is 10.0 Å². The summed E-state index contributed by atoms with van der Waals surface area (Å²) in [6.45, 7) is 2.35. The van der Waals surface area contributed by atoms with E-state index in [0.717, 1.165) is 17.1 Å². The van der Waals surface area contributed by atoms with E-state index < -0.39 is 28.0 Å². The Morgan fingerprint density at radius 3 is 2.47 bits per heavy atom. The molecule has 1 saturated heterocycles. The van der Waals surface area contributed by atoms with Crippen molar-refractivity contribution in [3.8, 4) is 0 Å². The van der Waals surface area contributed by atoms with Crippen LogP contribution in [-0.2, 0) is 27.8 Å². The number of carboxylic acids is 2. The number of imidazole rings is 1. The first kappa shape index (κ1) is 24.2. The van der Waals surface area contributed by atoms with E-state index >= 15 is 0 Å². The van der Waals surface area contributed by atoms with Gasteiger partial charge in [-0.25, -0.2) is 18.2 Å². The van der Waals surface area contributed by atoms with Crippen LogP contribution in [0.15, 0.2) is 29.2 Å². The smallest absolute Gasteiger partial charge is 0.355 e. The first-order valence-electron chi connectivity index (χ1n) is 10.5. The number of benzene rings is 1. The van der Waals surface area contributed by atoms with Crippen molar-refractivity contribution >= 4 is 33.6 Å². The monoisotopic (exact) mass is 483 g/mol. The van der Waals surface area contributed by atoms with Gasteiger partial charge in [0.15, 0.2) is 10.8 Å². The molecule has 1 atom stereocenters. The zero-order chi connectivity index (χ0) is 23.5. The Kier molecular flexibility index (Phi) is 7.58. The number of hydrogen-bond acceptors (Lipinski definition) is 5. The lowest BCUT2D eigenvalue weighted by Gasteiger charge is -2.31. The Labute approximate surface area is 191 Å². The second-order valence-electron chi connectivity index (χ2n) is 7.77. The summed E-state index contributed by atoms with van der Waals surface area (Å²) in [6.07, 6.45) is 3.87. The molecule has 2 N–H and O–H groups in total. The molecule has 1 aromatic heterocycles. The van der Waals surface area contributed by atoms with Crippen molar-refractivity contribution in [3.05, 3.63) is 46.5 Å². The van der Waals surface area contributed by atoms with E-state index in [1.807, 2.05) is 6.92 Å². The van der Waals surface area contributed by atoms with Crippen molar-refractivity contribution in [2.24, 2.45) is 0 Å². The van der Waals surface area contributed by atoms with Crippen LogP contribution in [0.25, 0.3) is 0 Å². The molecule has 32 heavy (non-hydrogen) atoms. The number of unbranched alkanes of at least 4 members (excludes halogenated alkanes) is 1. The average molecular weight is 484 g/mol. The Balaban J connectivity index is 1.88. The van der Waals surface area contributed by atoms with Gasteiger partial charge in [0.25, 0.3) is 0 Å². The lowest BCUT2D eigenvalue weighted by Crippen LogP contribution is -2.47. The van der Waals surface area contributed by atoms with E-state index in [0.29, 0.717) is 30.7 Å². The van der Waals surface area contributed by atoms with Crippen LogP contribution in [0.1, 0.15) is 60.9 Å². The molecule has 1 aliphatic rings. The number of aromatic carboxylic acids is 1. The standard InChI is InChI=1S/C21H26ClN3O6S/c1-2-3-7-17-23-19(22)18(21(28)29)24(17)13-14-8-10-15(11-9-14)32(30,31)25-12-5-4-6-16(25)20(26)27/h8-11,16H,2-7,12-13H2,1H3,(H,26,27)(H,28,29). The third kappa shape index (κ3) is 4.97. The van der Waals surface area contributed by atoms with Gasteiger partial charge in [-0.2, -0.15) is 4.31 Å². The predicted octanol–water partition coefficient (Wildman–Crippen LogP) is 3.25. The highest BCUT2D eigenvalue weighted by Gasteiger charge is 2.37. The highest BCUT2D eigenvalue weighted by Crippen LogP contribution is 2.26. The fraction of sp³-hybridized carbons (Fsp3) is 0.476. The van der Waals surface area contributed by atoms with Crippen LogP contribution in [0.5, 0.6) is 0 Å². The highest BCUT2D eigenvalue weighted by molar-refractivity contribution is 7.89. The zero-order valence-corrected chi connectivity index (χ0v) is 19.3. The number of hydrogen-bond donors (Lipinski definition) is 2. The molecule has 9 nitrogen and oxygen atoms in total. The van der Waals surface area contributed by atoms with Gasteiger partial charge in [0.1, 0.15) is 11.9 Å². The van der Waals surface area contributed by atoms with Crippen molar-refractivity contribution in [3.63, 3.8) is 0 Å². The Hall–Kier alpha value is -2.43. The summed E-state index contributed by atoms with van der Waals surface area (Å²) in [6, 6.07) is 4.96. The first-order chi connectivity index (χ1) is 15.2. The zero-order valence-electron chi connectivity index (χ0n) is 17.7. The van der Waals surface area contributed by atoms with Crippen LogP contribution in [0, 0.1) is 0 Å². The molecule has 0 saturated carbocycles. The summed E-state index contributed by atoms with van der Waals surface area (Å²) in [5.74, 6) is -1.78. The van der Waals surface area contributed by atoms with Crippen molar-refractivity contribution < 1.29 is 28.2 Å².